The van der Waals surface area contributed by atoms with Crippen molar-refractivity contribution in [2.24, 2.45) is 0 Å². The lowest BCUT2D eigenvalue weighted by atomic mass is 10.1. The molecule has 0 fully saturated rings. The summed E-state index contributed by atoms with van der Waals surface area (Å²) in [6.07, 6.45) is 3.46. The van der Waals surface area contributed by atoms with Crippen molar-refractivity contribution in [2.45, 2.75) is 26.3 Å². The van der Waals surface area contributed by atoms with E-state index in [9.17, 15) is 4.79 Å². The lowest BCUT2D eigenvalue weighted by Crippen LogP contribution is -2.27. The van der Waals surface area contributed by atoms with E-state index in [1.807, 2.05) is 34.9 Å². The fraction of sp³-hybridized carbons (Fsp3) is 0.278. The van der Waals surface area contributed by atoms with Crippen molar-refractivity contribution >= 4 is 17.0 Å². The average molecular weight is 296 g/mol. The molecule has 0 radical (unpaired) electrons. The second-order valence-electron chi connectivity index (χ2n) is 5.34. The van der Waals surface area contributed by atoms with Gasteiger partial charge in [0.2, 0.25) is 0 Å². The maximum Gasteiger partial charge on any atom is 0.268 e. The van der Waals surface area contributed by atoms with Gasteiger partial charge >= 0.3 is 0 Å². The van der Waals surface area contributed by atoms with Crippen molar-refractivity contribution in [3.63, 3.8) is 0 Å². The summed E-state index contributed by atoms with van der Waals surface area (Å²) in [6.45, 7) is 3.54. The van der Waals surface area contributed by atoms with Crippen LogP contribution in [0.25, 0.3) is 11.1 Å². The Morgan fingerprint density at radius 2 is 2.05 bits per heavy atom. The van der Waals surface area contributed by atoms with E-state index in [0.717, 1.165) is 30.5 Å². The second kappa shape index (κ2) is 6.52. The zero-order valence-electron chi connectivity index (χ0n) is 12.7. The second-order valence-corrected chi connectivity index (χ2v) is 5.34. The molecule has 3 rings (SSSR count). The van der Waals surface area contributed by atoms with E-state index in [0.29, 0.717) is 12.2 Å². The molecular formula is C18H20N2O2. The third-order valence-electron chi connectivity index (χ3n) is 3.74. The van der Waals surface area contributed by atoms with Gasteiger partial charge < -0.3 is 14.3 Å². The molecule has 22 heavy (non-hydrogen) atoms. The molecule has 2 heterocycles. The van der Waals surface area contributed by atoms with E-state index in [1.165, 1.54) is 5.56 Å². The van der Waals surface area contributed by atoms with E-state index in [2.05, 4.69) is 24.4 Å². The molecule has 3 aromatic rings. The van der Waals surface area contributed by atoms with Crippen molar-refractivity contribution < 1.29 is 9.21 Å². The molecule has 0 atom stereocenters. The number of rotatable bonds is 6. The molecule has 0 aliphatic heterocycles. The normalized spacial score (nSPS) is 11.0. The van der Waals surface area contributed by atoms with Crippen molar-refractivity contribution in [3.8, 4) is 0 Å². The number of hydrogen-bond donors (Lipinski definition) is 1. The van der Waals surface area contributed by atoms with E-state index in [-0.39, 0.29) is 5.91 Å². The van der Waals surface area contributed by atoms with Crippen LogP contribution in [0.1, 0.15) is 29.4 Å². The maximum atomic E-state index is 12.4. The number of fused-ring (bicyclic) bond motifs is 1. The van der Waals surface area contributed by atoms with Gasteiger partial charge in [0.25, 0.3) is 5.91 Å². The Morgan fingerprint density at radius 3 is 2.82 bits per heavy atom. The number of nitrogens with zero attached hydrogens (tertiary/aromatic N) is 1. The first-order valence-electron chi connectivity index (χ1n) is 7.68. The van der Waals surface area contributed by atoms with Crippen LogP contribution in [-0.4, -0.2) is 17.0 Å². The van der Waals surface area contributed by atoms with Gasteiger partial charge in [0.1, 0.15) is 5.69 Å². The Hall–Kier alpha value is -2.49. The lowest BCUT2D eigenvalue weighted by Gasteiger charge is -2.09. The predicted molar refractivity (Wildman–Crippen MR) is 87.0 cm³/mol. The maximum absolute atomic E-state index is 12.4. The average Bonchev–Trinajstić information content (AvgIpc) is 3.11. The molecule has 0 aliphatic rings. The summed E-state index contributed by atoms with van der Waals surface area (Å²) in [7, 11) is 0. The van der Waals surface area contributed by atoms with Gasteiger partial charge in [-0.1, -0.05) is 37.3 Å². The molecule has 1 amide bonds. The summed E-state index contributed by atoms with van der Waals surface area (Å²) in [5, 5.41) is 3.00. The summed E-state index contributed by atoms with van der Waals surface area (Å²) in [6, 6.07) is 13.9. The highest BCUT2D eigenvalue weighted by Gasteiger charge is 2.16. The van der Waals surface area contributed by atoms with E-state index < -0.39 is 0 Å². The molecule has 0 unspecified atom stereocenters. The molecule has 2 aromatic heterocycles. The van der Waals surface area contributed by atoms with Gasteiger partial charge in [0.05, 0.1) is 11.8 Å². The van der Waals surface area contributed by atoms with Gasteiger partial charge in [-0.05, 0) is 18.4 Å². The Balaban J connectivity index is 1.69. The minimum atomic E-state index is -0.0456. The van der Waals surface area contributed by atoms with Crippen LogP contribution in [-0.2, 0) is 13.0 Å². The van der Waals surface area contributed by atoms with Crippen molar-refractivity contribution in [3.05, 3.63) is 60.0 Å². The van der Waals surface area contributed by atoms with Crippen LogP contribution in [0.4, 0.5) is 0 Å². The number of benzene rings is 1. The molecule has 0 saturated carbocycles. The summed E-state index contributed by atoms with van der Waals surface area (Å²) < 4.78 is 7.43. The van der Waals surface area contributed by atoms with Crippen molar-refractivity contribution in [1.82, 2.24) is 9.88 Å². The first-order valence-corrected chi connectivity index (χ1v) is 7.68. The van der Waals surface area contributed by atoms with Crippen LogP contribution in [0, 0.1) is 0 Å². The van der Waals surface area contributed by atoms with Crippen LogP contribution < -0.4 is 5.32 Å². The van der Waals surface area contributed by atoms with Crippen molar-refractivity contribution in [2.75, 3.05) is 6.54 Å². The summed E-state index contributed by atoms with van der Waals surface area (Å²) in [5.41, 5.74) is 3.64. The first-order chi connectivity index (χ1) is 10.8. The number of furan rings is 1. The number of aromatic nitrogens is 1. The quantitative estimate of drug-likeness (QED) is 0.755. The first kappa shape index (κ1) is 14.4. The number of carbonyl (C=O) groups excluding carboxylic acids is 1. The number of carbonyl (C=O) groups is 1. The van der Waals surface area contributed by atoms with Crippen LogP contribution in [0.15, 0.2) is 53.1 Å². The van der Waals surface area contributed by atoms with Gasteiger partial charge in [-0.3, -0.25) is 4.79 Å². The smallest absolute Gasteiger partial charge is 0.268 e. The molecule has 0 spiro atoms. The molecule has 4 heteroatoms. The summed E-state index contributed by atoms with van der Waals surface area (Å²) in [4.78, 5) is 12.4. The third-order valence-corrected chi connectivity index (χ3v) is 3.74. The molecule has 1 aromatic carbocycles. The van der Waals surface area contributed by atoms with Crippen molar-refractivity contribution in [1.29, 1.82) is 0 Å². The zero-order chi connectivity index (χ0) is 15.4. The zero-order valence-corrected chi connectivity index (χ0v) is 12.7. The third kappa shape index (κ3) is 2.91. The highest BCUT2D eigenvalue weighted by Crippen LogP contribution is 2.21. The van der Waals surface area contributed by atoms with Crippen LogP contribution >= 0.6 is 0 Å². The Bertz CT molecular complexity index is 756. The Morgan fingerprint density at radius 1 is 1.23 bits per heavy atom. The van der Waals surface area contributed by atoms with E-state index >= 15 is 0 Å². The van der Waals surface area contributed by atoms with E-state index in [1.54, 1.807) is 6.26 Å². The number of aryl methyl sites for hydroxylation is 1. The van der Waals surface area contributed by atoms with Gasteiger partial charge in [0, 0.05) is 25.2 Å². The molecule has 4 nitrogen and oxygen atoms in total. The molecule has 0 aliphatic carbocycles. The van der Waals surface area contributed by atoms with E-state index in [4.69, 9.17) is 4.42 Å². The fourth-order valence-corrected chi connectivity index (χ4v) is 2.69. The van der Waals surface area contributed by atoms with Crippen LogP contribution in [0.5, 0.6) is 0 Å². The van der Waals surface area contributed by atoms with Gasteiger partial charge in [-0.2, -0.15) is 0 Å². The molecule has 0 saturated heterocycles. The van der Waals surface area contributed by atoms with Crippen LogP contribution in [0.2, 0.25) is 0 Å². The largest absolute Gasteiger partial charge is 0.463 e. The molecular weight excluding hydrogens is 276 g/mol. The highest BCUT2D eigenvalue weighted by atomic mass is 16.3. The number of amides is 1. The molecule has 0 bridgehead atoms. The fourth-order valence-electron chi connectivity index (χ4n) is 2.69. The lowest BCUT2D eigenvalue weighted by molar-refractivity contribution is 0.0945. The minimum Gasteiger partial charge on any atom is -0.463 e. The highest BCUT2D eigenvalue weighted by molar-refractivity contribution is 5.97. The Kier molecular flexibility index (Phi) is 4.28. The number of hydrogen-bond acceptors (Lipinski definition) is 2. The monoisotopic (exact) mass is 296 g/mol. The summed E-state index contributed by atoms with van der Waals surface area (Å²) in [5.74, 6) is -0.0456. The minimum absolute atomic E-state index is 0.0456. The standard InChI is InChI=1S/C18H20N2O2/c1-2-11-20-15-9-12-22-17(15)13-16(20)18(21)19-10-8-14-6-4-3-5-7-14/h3-7,9,12-13H,2,8,10-11H2,1H3,(H,19,21). The number of nitrogens with one attached hydrogen (secondary N) is 1. The molecule has 114 valence electrons. The van der Waals surface area contributed by atoms with Gasteiger partial charge in [-0.25, -0.2) is 0 Å². The van der Waals surface area contributed by atoms with Crippen LogP contribution in [0.3, 0.4) is 0 Å². The van der Waals surface area contributed by atoms with Gasteiger partial charge in [-0.15, -0.1) is 0 Å². The predicted octanol–water partition coefficient (Wildman–Crippen LogP) is 3.62. The topological polar surface area (TPSA) is 47.2 Å². The van der Waals surface area contributed by atoms with Gasteiger partial charge in [0.15, 0.2) is 5.58 Å². The summed E-state index contributed by atoms with van der Waals surface area (Å²) >= 11 is 0. The molecule has 1 N–H and O–H groups in total. The Labute approximate surface area is 129 Å². The SMILES string of the molecule is CCCn1c(C(=O)NCCc2ccccc2)cc2occc21.